The maximum absolute atomic E-state index is 10.6. The molecule has 0 aliphatic rings. The van der Waals surface area contributed by atoms with Crippen molar-refractivity contribution >= 4 is 17.3 Å². The van der Waals surface area contributed by atoms with Crippen LogP contribution in [0.5, 0.6) is 5.75 Å². The van der Waals surface area contributed by atoms with Gasteiger partial charge in [0.2, 0.25) is 0 Å². The smallest absolute Gasteiger partial charge is 0.311 e. The van der Waals surface area contributed by atoms with E-state index in [1.807, 2.05) is 6.07 Å². The summed E-state index contributed by atoms with van der Waals surface area (Å²) in [5, 5.41) is 19.4. The first-order valence-corrected chi connectivity index (χ1v) is 4.48. The minimum absolute atomic E-state index is 0.0493. The second-order valence-electron chi connectivity index (χ2n) is 2.68. The van der Waals surface area contributed by atoms with Crippen molar-refractivity contribution in [1.29, 1.82) is 5.26 Å². The zero-order valence-electron chi connectivity index (χ0n) is 7.86. The van der Waals surface area contributed by atoms with Gasteiger partial charge in [-0.15, -0.1) is 11.6 Å². The molecule has 78 valence electrons. The van der Waals surface area contributed by atoms with E-state index in [1.165, 1.54) is 19.2 Å². The Labute approximate surface area is 91.0 Å². The number of nitriles is 1. The van der Waals surface area contributed by atoms with Gasteiger partial charge in [0.05, 0.1) is 23.7 Å². The first-order chi connectivity index (χ1) is 7.13. The standard InChI is InChI=1S/C9H7ClN2O3/c1-15-9-3-7(5-11)6(4-10)2-8(9)12(13)14/h2-3H,4H2,1H3. The highest BCUT2D eigenvalue weighted by Gasteiger charge is 2.18. The summed E-state index contributed by atoms with van der Waals surface area (Å²) in [4.78, 5) is 10.1. The highest BCUT2D eigenvalue weighted by Crippen LogP contribution is 2.30. The first-order valence-electron chi connectivity index (χ1n) is 3.95. The molecule has 1 rings (SSSR count). The quantitative estimate of drug-likeness (QED) is 0.450. The third-order valence-corrected chi connectivity index (χ3v) is 2.15. The maximum atomic E-state index is 10.6. The summed E-state index contributed by atoms with van der Waals surface area (Å²) in [5.74, 6) is 0.110. The fourth-order valence-corrected chi connectivity index (χ4v) is 1.35. The van der Waals surface area contributed by atoms with Crippen molar-refractivity contribution in [2.24, 2.45) is 0 Å². The van der Waals surface area contributed by atoms with Crippen molar-refractivity contribution in [1.82, 2.24) is 0 Å². The molecular weight excluding hydrogens is 220 g/mol. The Morgan fingerprint density at radius 2 is 2.33 bits per heavy atom. The Kier molecular flexibility index (Phi) is 3.47. The molecule has 0 aromatic heterocycles. The number of hydrogen-bond acceptors (Lipinski definition) is 4. The number of nitro groups is 1. The molecule has 0 saturated heterocycles. The predicted molar refractivity (Wildman–Crippen MR) is 53.9 cm³/mol. The van der Waals surface area contributed by atoms with Gasteiger partial charge in [-0.1, -0.05) is 0 Å². The topological polar surface area (TPSA) is 76.2 Å². The Morgan fingerprint density at radius 1 is 1.67 bits per heavy atom. The number of nitrogens with zero attached hydrogens (tertiary/aromatic N) is 2. The molecule has 0 aliphatic carbocycles. The molecule has 1 aromatic carbocycles. The van der Waals surface area contributed by atoms with Gasteiger partial charge >= 0.3 is 5.69 Å². The van der Waals surface area contributed by atoms with E-state index in [9.17, 15) is 10.1 Å². The molecule has 6 heteroatoms. The van der Waals surface area contributed by atoms with Gasteiger partial charge in [-0.05, 0) is 5.56 Å². The van der Waals surface area contributed by atoms with Gasteiger partial charge in [0.25, 0.3) is 0 Å². The third kappa shape index (κ3) is 2.17. The average Bonchev–Trinajstić information content (AvgIpc) is 2.26. The molecule has 0 bridgehead atoms. The number of nitro benzene ring substituents is 1. The SMILES string of the molecule is COc1cc(C#N)c(CCl)cc1[N+](=O)[O-]. The van der Waals surface area contributed by atoms with Crippen molar-refractivity contribution in [3.8, 4) is 11.8 Å². The van der Waals surface area contributed by atoms with Crippen molar-refractivity contribution in [2.45, 2.75) is 5.88 Å². The van der Waals surface area contributed by atoms with Gasteiger partial charge in [0.15, 0.2) is 5.75 Å². The lowest BCUT2D eigenvalue weighted by Gasteiger charge is -2.04. The molecule has 15 heavy (non-hydrogen) atoms. The highest BCUT2D eigenvalue weighted by atomic mass is 35.5. The second kappa shape index (κ2) is 4.62. The summed E-state index contributed by atoms with van der Waals surface area (Å²) in [6, 6.07) is 4.47. The van der Waals surface area contributed by atoms with Crippen LogP contribution in [0.4, 0.5) is 5.69 Å². The van der Waals surface area contributed by atoms with Crippen LogP contribution in [-0.2, 0) is 5.88 Å². The van der Waals surface area contributed by atoms with Crippen LogP contribution in [0.25, 0.3) is 0 Å². The average molecular weight is 227 g/mol. The summed E-state index contributed by atoms with van der Waals surface area (Å²) in [7, 11) is 1.31. The molecule has 0 spiro atoms. The van der Waals surface area contributed by atoms with Crippen molar-refractivity contribution < 1.29 is 9.66 Å². The molecule has 0 saturated carbocycles. The molecule has 1 aromatic rings. The Morgan fingerprint density at radius 3 is 2.73 bits per heavy atom. The van der Waals surface area contributed by atoms with E-state index in [-0.39, 0.29) is 22.9 Å². The molecule has 0 amide bonds. The number of halogens is 1. The largest absolute Gasteiger partial charge is 0.490 e. The van der Waals surface area contributed by atoms with Gasteiger partial charge in [0, 0.05) is 18.0 Å². The summed E-state index contributed by atoms with van der Waals surface area (Å²) in [5.41, 5.74) is 0.520. The molecule has 0 radical (unpaired) electrons. The summed E-state index contributed by atoms with van der Waals surface area (Å²) >= 11 is 5.57. The normalized spacial score (nSPS) is 9.40. The fraction of sp³-hybridized carbons (Fsp3) is 0.222. The minimum Gasteiger partial charge on any atom is -0.490 e. The predicted octanol–water partition coefficient (Wildman–Crippen LogP) is 2.21. The molecule has 0 atom stereocenters. The van der Waals surface area contributed by atoms with E-state index in [2.05, 4.69) is 0 Å². The fourth-order valence-electron chi connectivity index (χ4n) is 1.13. The van der Waals surface area contributed by atoms with Crippen LogP contribution in [0.15, 0.2) is 12.1 Å². The zero-order chi connectivity index (χ0) is 11.4. The number of methoxy groups -OCH3 is 1. The van der Waals surface area contributed by atoms with Crippen LogP contribution >= 0.6 is 11.6 Å². The minimum atomic E-state index is -0.573. The van der Waals surface area contributed by atoms with E-state index < -0.39 is 4.92 Å². The Hall–Kier alpha value is -1.80. The van der Waals surface area contributed by atoms with E-state index in [4.69, 9.17) is 21.6 Å². The van der Waals surface area contributed by atoms with Crippen molar-refractivity contribution in [3.05, 3.63) is 33.4 Å². The highest BCUT2D eigenvalue weighted by molar-refractivity contribution is 6.17. The van der Waals surface area contributed by atoms with Gasteiger partial charge in [0.1, 0.15) is 0 Å². The van der Waals surface area contributed by atoms with Crippen LogP contribution in [0.2, 0.25) is 0 Å². The number of rotatable bonds is 3. The lowest BCUT2D eigenvalue weighted by Crippen LogP contribution is -1.97. The van der Waals surface area contributed by atoms with Crippen LogP contribution in [0.3, 0.4) is 0 Å². The van der Waals surface area contributed by atoms with E-state index in [0.717, 1.165) is 0 Å². The Balaban J connectivity index is 3.42. The number of alkyl halides is 1. The van der Waals surface area contributed by atoms with Crippen LogP contribution < -0.4 is 4.74 Å². The molecule has 0 unspecified atom stereocenters. The van der Waals surface area contributed by atoms with Crippen LogP contribution in [-0.4, -0.2) is 12.0 Å². The summed E-state index contributed by atoms with van der Waals surface area (Å²) in [6.45, 7) is 0. The van der Waals surface area contributed by atoms with Crippen molar-refractivity contribution in [3.63, 3.8) is 0 Å². The molecular formula is C9H7ClN2O3. The van der Waals surface area contributed by atoms with Gasteiger partial charge in [-0.25, -0.2) is 0 Å². The summed E-state index contributed by atoms with van der Waals surface area (Å²) < 4.78 is 4.81. The lowest BCUT2D eigenvalue weighted by atomic mass is 10.1. The van der Waals surface area contributed by atoms with E-state index in [0.29, 0.717) is 5.56 Å². The van der Waals surface area contributed by atoms with Gasteiger partial charge in [-0.3, -0.25) is 10.1 Å². The molecule has 0 N–H and O–H groups in total. The molecule has 0 fully saturated rings. The van der Waals surface area contributed by atoms with Crippen LogP contribution in [0, 0.1) is 21.4 Å². The molecule has 0 heterocycles. The summed E-state index contributed by atoms with van der Waals surface area (Å²) in [6.07, 6.45) is 0. The maximum Gasteiger partial charge on any atom is 0.311 e. The third-order valence-electron chi connectivity index (χ3n) is 1.87. The van der Waals surface area contributed by atoms with Crippen LogP contribution in [0.1, 0.15) is 11.1 Å². The monoisotopic (exact) mass is 226 g/mol. The van der Waals surface area contributed by atoms with Gasteiger partial charge < -0.3 is 4.74 Å². The number of benzene rings is 1. The molecule has 0 aliphatic heterocycles. The zero-order valence-corrected chi connectivity index (χ0v) is 8.61. The number of ether oxygens (including phenoxy) is 1. The van der Waals surface area contributed by atoms with E-state index >= 15 is 0 Å². The van der Waals surface area contributed by atoms with Gasteiger partial charge in [-0.2, -0.15) is 5.26 Å². The molecule has 5 nitrogen and oxygen atoms in total. The van der Waals surface area contributed by atoms with E-state index in [1.54, 1.807) is 0 Å². The number of hydrogen-bond donors (Lipinski definition) is 0. The lowest BCUT2D eigenvalue weighted by molar-refractivity contribution is -0.385. The first kappa shape index (κ1) is 11.3. The Bertz CT molecular complexity index is 440. The second-order valence-corrected chi connectivity index (χ2v) is 2.95. The van der Waals surface area contributed by atoms with Crippen molar-refractivity contribution in [2.75, 3.05) is 7.11 Å².